The van der Waals surface area contributed by atoms with Crippen molar-refractivity contribution in [1.82, 2.24) is 20.5 Å². The number of anilines is 1. The first-order chi connectivity index (χ1) is 15.7. The van der Waals surface area contributed by atoms with Gasteiger partial charge in [0.05, 0.1) is 10.7 Å². The number of nitrogens with zero attached hydrogens (tertiary/aromatic N) is 3. The molecule has 2 N–H and O–H groups in total. The number of rotatable bonds is 5. The molecule has 2 aliphatic heterocycles. The van der Waals surface area contributed by atoms with Crippen molar-refractivity contribution < 1.29 is 18.8 Å². The molecule has 2 aromatic rings. The minimum absolute atomic E-state index is 0.00823. The van der Waals surface area contributed by atoms with E-state index in [2.05, 4.69) is 20.5 Å². The van der Waals surface area contributed by atoms with Gasteiger partial charge in [0.2, 0.25) is 5.91 Å². The fraction of sp³-hybridized carbons (Fsp3) is 0.391. The number of imide groups is 1. The van der Waals surface area contributed by atoms with Crippen LogP contribution in [0.4, 0.5) is 14.9 Å². The van der Waals surface area contributed by atoms with E-state index >= 15 is 0 Å². The molecule has 33 heavy (non-hydrogen) atoms. The molecule has 0 aliphatic carbocycles. The van der Waals surface area contributed by atoms with Gasteiger partial charge >= 0.3 is 6.03 Å². The number of halogens is 2. The van der Waals surface area contributed by atoms with Gasteiger partial charge in [0.25, 0.3) is 5.91 Å². The maximum Gasteiger partial charge on any atom is 0.322 e. The molecule has 1 aromatic heterocycles. The van der Waals surface area contributed by atoms with Gasteiger partial charge in [-0.25, -0.2) is 9.18 Å². The van der Waals surface area contributed by atoms with E-state index in [1.807, 2.05) is 6.92 Å². The number of aryl methyl sites for hydroxylation is 1. The van der Waals surface area contributed by atoms with E-state index in [0.717, 1.165) is 5.69 Å². The zero-order valence-corrected chi connectivity index (χ0v) is 19.2. The Morgan fingerprint density at radius 3 is 2.70 bits per heavy atom. The molecule has 1 unspecified atom stereocenters. The summed E-state index contributed by atoms with van der Waals surface area (Å²) in [5.41, 5.74) is 0.538. The first-order valence-electron chi connectivity index (χ1n) is 10.8. The average molecular weight is 474 g/mol. The number of carbonyl (C=O) groups is 3. The summed E-state index contributed by atoms with van der Waals surface area (Å²) in [5, 5.41) is 5.01. The third-order valence-electron chi connectivity index (χ3n) is 6.20. The summed E-state index contributed by atoms with van der Waals surface area (Å²) in [7, 11) is 0. The topological polar surface area (TPSA) is 94.6 Å². The van der Waals surface area contributed by atoms with Crippen LogP contribution in [0.2, 0.25) is 5.02 Å². The predicted molar refractivity (Wildman–Crippen MR) is 121 cm³/mol. The quantitative estimate of drug-likeness (QED) is 0.651. The van der Waals surface area contributed by atoms with Gasteiger partial charge in [0.1, 0.15) is 5.82 Å². The standard InChI is InChI=1S/C23H25ClFN5O3/c1-14-4-3-5-19(26-14)23(21(32)27-22(33)28-23)9-8-20(31)29-10-11-30(15(2)13-29)16-6-7-18(25)17(24)12-16/h3-7,12,15H,8-11,13H2,1-2H3,(H2,27,28,32,33)/t15-,23?/m0/s1. The molecule has 2 atom stereocenters. The van der Waals surface area contributed by atoms with E-state index in [-0.39, 0.29) is 29.8 Å². The zero-order chi connectivity index (χ0) is 23.8. The highest BCUT2D eigenvalue weighted by molar-refractivity contribution is 6.31. The van der Waals surface area contributed by atoms with Crippen LogP contribution in [0.25, 0.3) is 0 Å². The molecular weight excluding hydrogens is 449 g/mol. The van der Waals surface area contributed by atoms with Gasteiger partial charge < -0.3 is 15.1 Å². The van der Waals surface area contributed by atoms with E-state index in [9.17, 15) is 18.8 Å². The van der Waals surface area contributed by atoms with Gasteiger partial charge in [-0.2, -0.15) is 0 Å². The van der Waals surface area contributed by atoms with E-state index in [4.69, 9.17) is 11.6 Å². The van der Waals surface area contributed by atoms with Gasteiger partial charge in [0.15, 0.2) is 5.54 Å². The summed E-state index contributed by atoms with van der Waals surface area (Å²) in [6, 6.07) is 9.23. The Morgan fingerprint density at radius 2 is 2.06 bits per heavy atom. The third-order valence-corrected chi connectivity index (χ3v) is 6.49. The van der Waals surface area contributed by atoms with Gasteiger partial charge in [-0.05, 0) is 50.6 Å². The molecule has 2 saturated heterocycles. The molecule has 3 heterocycles. The fourth-order valence-electron chi connectivity index (χ4n) is 4.44. The molecule has 1 aromatic carbocycles. The summed E-state index contributed by atoms with van der Waals surface area (Å²) in [6.07, 6.45) is 0.167. The van der Waals surface area contributed by atoms with Gasteiger partial charge in [-0.1, -0.05) is 17.7 Å². The molecule has 174 valence electrons. The van der Waals surface area contributed by atoms with Gasteiger partial charge in [0, 0.05) is 43.5 Å². The van der Waals surface area contributed by atoms with Crippen molar-refractivity contribution in [3.63, 3.8) is 0 Å². The van der Waals surface area contributed by atoms with Crippen LogP contribution in [-0.2, 0) is 15.1 Å². The second-order valence-corrected chi connectivity index (χ2v) is 8.87. The van der Waals surface area contributed by atoms with Crippen molar-refractivity contribution in [2.24, 2.45) is 0 Å². The molecule has 0 bridgehead atoms. The van der Waals surface area contributed by atoms with Crippen molar-refractivity contribution >= 4 is 35.1 Å². The molecular formula is C23H25ClFN5O3. The average Bonchev–Trinajstić information content (AvgIpc) is 3.08. The summed E-state index contributed by atoms with van der Waals surface area (Å²) in [5.74, 6) is -1.09. The summed E-state index contributed by atoms with van der Waals surface area (Å²) in [4.78, 5) is 45.9. The summed E-state index contributed by atoms with van der Waals surface area (Å²) < 4.78 is 13.5. The minimum atomic E-state index is -1.38. The second-order valence-electron chi connectivity index (χ2n) is 8.46. The number of pyridine rings is 1. The Balaban J connectivity index is 1.44. The van der Waals surface area contributed by atoms with Crippen LogP contribution in [0, 0.1) is 12.7 Å². The number of carbonyl (C=O) groups excluding carboxylic acids is 3. The van der Waals surface area contributed by atoms with E-state index in [1.165, 1.54) is 6.07 Å². The number of aromatic nitrogens is 1. The van der Waals surface area contributed by atoms with E-state index < -0.39 is 23.3 Å². The number of hydrogen-bond acceptors (Lipinski definition) is 5. The summed E-state index contributed by atoms with van der Waals surface area (Å²) >= 11 is 5.92. The Labute approximate surface area is 196 Å². The van der Waals surface area contributed by atoms with Crippen molar-refractivity contribution in [2.75, 3.05) is 24.5 Å². The highest BCUT2D eigenvalue weighted by Gasteiger charge is 2.49. The molecule has 4 amide bonds. The number of nitrogens with one attached hydrogen (secondary N) is 2. The Bertz CT molecular complexity index is 1110. The lowest BCUT2D eigenvalue weighted by atomic mass is 9.88. The maximum absolute atomic E-state index is 13.5. The molecule has 0 spiro atoms. The van der Waals surface area contributed by atoms with Crippen LogP contribution in [0.5, 0.6) is 0 Å². The lowest BCUT2D eigenvalue weighted by Crippen LogP contribution is -2.54. The van der Waals surface area contributed by atoms with Crippen molar-refractivity contribution in [3.8, 4) is 0 Å². The zero-order valence-electron chi connectivity index (χ0n) is 18.4. The van der Waals surface area contributed by atoms with Crippen LogP contribution < -0.4 is 15.5 Å². The maximum atomic E-state index is 13.5. The van der Waals surface area contributed by atoms with Crippen LogP contribution in [-0.4, -0.2) is 53.4 Å². The second kappa shape index (κ2) is 8.97. The molecule has 4 rings (SSSR count). The smallest absolute Gasteiger partial charge is 0.322 e. The normalized spacial score (nSPS) is 22.8. The lowest BCUT2D eigenvalue weighted by Gasteiger charge is -2.41. The van der Waals surface area contributed by atoms with Crippen molar-refractivity contribution in [2.45, 2.75) is 38.3 Å². The SMILES string of the molecule is Cc1cccc(C2(CCC(=O)N3CCN(c4ccc(F)c(Cl)c4)[C@@H](C)C3)NC(=O)NC2=O)n1. The highest BCUT2D eigenvalue weighted by atomic mass is 35.5. The lowest BCUT2D eigenvalue weighted by molar-refractivity contribution is -0.133. The first-order valence-corrected chi connectivity index (χ1v) is 11.1. The number of piperazine rings is 1. The minimum Gasteiger partial charge on any atom is -0.365 e. The largest absolute Gasteiger partial charge is 0.365 e. The van der Waals surface area contributed by atoms with Crippen LogP contribution >= 0.6 is 11.6 Å². The predicted octanol–water partition coefficient (Wildman–Crippen LogP) is 2.73. The van der Waals surface area contributed by atoms with Crippen molar-refractivity contribution in [3.05, 3.63) is 58.6 Å². The molecule has 10 heteroatoms. The molecule has 0 saturated carbocycles. The number of hydrogen-bond donors (Lipinski definition) is 2. The first kappa shape index (κ1) is 23.0. The van der Waals surface area contributed by atoms with Crippen molar-refractivity contribution in [1.29, 1.82) is 0 Å². The molecule has 2 fully saturated rings. The fourth-order valence-corrected chi connectivity index (χ4v) is 4.62. The van der Waals surface area contributed by atoms with Gasteiger partial charge in [-0.3, -0.25) is 19.9 Å². The highest BCUT2D eigenvalue weighted by Crippen LogP contribution is 2.30. The van der Waals surface area contributed by atoms with Crippen LogP contribution in [0.15, 0.2) is 36.4 Å². The number of benzene rings is 1. The number of urea groups is 1. The molecule has 2 aliphatic rings. The molecule has 0 radical (unpaired) electrons. The van der Waals surface area contributed by atoms with Crippen LogP contribution in [0.3, 0.4) is 0 Å². The summed E-state index contributed by atoms with van der Waals surface area (Å²) in [6.45, 7) is 5.30. The Hall–Kier alpha value is -3.20. The Kier molecular flexibility index (Phi) is 6.25. The monoisotopic (exact) mass is 473 g/mol. The van der Waals surface area contributed by atoms with E-state index in [1.54, 1.807) is 42.2 Å². The third kappa shape index (κ3) is 4.50. The Morgan fingerprint density at radius 1 is 1.27 bits per heavy atom. The van der Waals surface area contributed by atoms with E-state index in [0.29, 0.717) is 31.0 Å². The molecule has 8 nitrogen and oxygen atoms in total. The van der Waals surface area contributed by atoms with Crippen LogP contribution in [0.1, 0.15) is 31.2 Å². The van der Waals surface area contributed by atoms with Gasteiger partial charge in [-0.15, -0.1) is 0 Å². The number of amides is 4.